The third-order valence-electron chi connectivity index (χ3n) is 4.85. The van der Waals surface area contributed by atoms with Crippen LogP contribution in [-0.2, 0) is 11.3 Å². The van der Waals surface area contributed by atoms with Crippen molar-refractivity contribution in [3.05, 3.63) is 60.2 Å². The molecule has 0 amide bonds. The molecule has 1 aliphatic heterocycles. The van der Waals surface area contributed by atoms with Crippen LogP contribution in [0, 0.1) is 0 Å². The van der Waals surface area contributed by atoms with Crippen molar-refractivity contribution in [2.75, 3.05) is 59.2 Å². The molecule has 0 unspecified atom stereocenters. The van der Waals surface area contributed by atoms with Crippen LogP contribution >= 0.6 is 0 Å². The normalized spacial score (nSPS) is 14.8. The van der Waals surface area contributed by atoms with E-state index in [1.807, 2.05) is 42.5 Å². The fraction of sp³-hybridized carbons (Fsp3) is 0.458. The van der Waals surface area contributed by atoms with E-state index in [0.717, 1.165) is 62.4 Å². The maximum atomic E-state index is 5.95. The van der Waals surface area contributed by atoms with Gasteiger partial charge >= 0.3 is 0 Å². The Bertz CT molecular complexity index is 779. The van der Waals surface area contributed by atoms with Gasteiger partial charge in [0.05, 0.1) is 26.3 Å². The molecule has 3 rings (SSSR count). The first-order chi connectivity index (χ1) is 15.3. The molecular formula is C24H34N4O3. The minimum Gasteiger partial charge on any atom is -0.492 e. The van der Waals surface area contributed by atoms with Gasteiger partial charge in [0.25, 0.3) is 0 Å². The monoisotopic (exact) mass is 426 g/mol. The van der Waals surface area contributed by atoms with Gasteiger partial charge in [-0.3, -0.25) is 4.90 Å². The van der Waals surface area contributed by atoms with Gasteiger partial charge in [-0.2, -0.15) is 0 Å². The number of nitrogens with one attached hydrogen (secondary N) is 2. The highest BCUT2D eigenvalue weighted by Crippen LogP contribution is 2.14. The van der Waals surface area contributed by atoms with Crippen molar-refractivity contribution in [2.24, 2.45) is 4.99 Å². The summed E-state index contributed by atoms with van der Waals surface area (Å²) in [5, 5.41) is 6.59. The number of para-hydroxylation sites is 1. The van der Waals surface area contributed by atoms with E-state index in [1.165, 1.54) is 0 Å². The summed E-state index contributed by atoms with van der Waals surface area (Å²) >= 11 is 0. The molecule has 0 atom stereocenters. The van der Waals surface area contributed by atoms with Crippen molar-refractivity contribution in [3.8, 4) is 11.5 Å². The smallest absolute Gasteiger partial charge is 0.191 e. The first-order valence-electron chi connectivity index (χ1n) is 11.1. The first kappa shape index (κ1) is 22.9. The number of rotatable bonds is 11. The number of nitrogens with zero attached hydrogens (tertiary/aromatic N) is 2. The molecule has 0 aromatic heterocycles. The molecule has 2 aromatic carbocycles. The largest absolute Gasteiger partial charge is 0.492 e. The molecule has 0 aliphatic carbocycles. The number of morpholine rings is 1. The van der Waals surface area contributed by atoms with Crippen molar-refractivity contribution in [1.82, 2.24) is 15.5 Å². The zero-order valence-electron chi connectivity index (χ0n) is 18.4. The van der Waals surface area contributed by atoms with Gasteiger partial charge in [0.2, 0.25) is 0 Å². The van der Waals surface area contributed by atoms with Crippen LogP contribution in [0.3, 0.4) is 0 Å². The second-order valence-corrected chi connectivity index (χ2v) is 7.23. The summed E-state index contributed by atoms with van der Waals surface area (Å²) in [5.74, 6) is 2.53. The van der Waals surface area contributed by atoms with Crippen LogP contribution in [0.1, 0.15) is 12.5 Å². The van der Waals surface area contributed by atoms with Gasteiger partial charge in [-0.05, 0) is 36.8 Å². The Labute approximate surface area is 185 Å². The van der Waals surface area contributed by atoms with Crippen LogP contribution < -0.4 is 20.1 Å². The molecule has 2 N–H and O–H groups in total. The summed E-state index contributed by atoms with van der Waals surface area (Å²) in [7, 11) is 0. The molecule has 2 aromatic rings. The van der Waals surface area contributed by atoms with Gasteiger partial charge in [0, 0.05) is 26.2 Å². The fourth-order valence-electron chi connectivity index (χ4n) is 3.22. The molecular weight excluding hydrogens is 392 g/mol. The van der Waals surface area contributed by atoms with E-state index in [9.17, 15) is 0 Å². The highest BCUT2D eigenvalue weighted by molar-refractivity contribution is 5.79. The Morgan fingerprint density at radius 1 is 0.968 bits per heavy atom. The van der Waals surface area contributed by atoms with Crippen molar-refractivity contribution < 1.29 is 14.2 Å². The first-order valence-corrected chi connectivity index (χ1v) is 11.1. The van der Waals surface area contributed by atoms with Crippen LogP contribution in [0.2, 0.25) is 0 Å². The highest BCUT2D eigenvalue weighted by atomic mass is 16.5. The summed E-state index contributed by atoms with van der Waals surface area (Å²) in [6.07, 6.45) is 0. The highest BCUT2D eigenvalue weighted by Gasteiger charge is 2.09. The van der Waals surface area contributed by atoms with E-state index in [1.54, 1.807) is 0 Å². The lowest BCUT2D eigenvalue weighted by molar-refractivity contribution is 0.0322. The maximum absolute atomic E-state index is 5.95. The topological polar surface area (TPSA) is 67.4 Å². The molecule has 0 spiro atoms. The van der Waals surface area contributed by atoms with E-state index < -0.39 is 0 Å². The molecule has 1 aliphatic rings. The number of benzene rings is 2. The molecule has 31 heavy (non-hydrogen) atoms. The lowest BCUT2D eigenvalue weighted by Gasteiger charge is -2.26. The van der Waals surface area contributed by atoms with E-state index in [2.05, 4.69) is 39.6 Å². The summed E-state index contributed by atoms with van der Waals surface area (Å²) in [5.41, 5.74) is 1.11. The Hall–Kier alpha value is -2.77. The molecule has 7 nitrogen and oxygen atoms in total. The van der Waals surface area contributed by atoms with E-state index in [4.69, 9.17) is 14.2 Å². The number of aliphatic imine (C=N–C) groups is 1. The molecule has 168 valence electrons. The Kier molecular flexibility index (Phi) is 9.99. The van der Waals surface area contributed by atoms with Gasteiger partial charge in [0.15, 0.2) is 5.96 Å². The molecule has 1 fully saturated rings. The van der Waals surface area contributed by atoms with Gasteiger partial charge < -0.3 is 24.8 Å². The molecule has 7 heteroatoms. The van der Waals surface area contributed by atoms with Crippen molar-refractivity contribution in [3.63, 3.8) is 0 Å². The van der Waals surface area contributed by atoms with E-state index in [-0.39, 0.29) is 0 Å². The van der Waals surface area contributed by atoms with Crippen molar-refractivity contribution in [1.29, 1.82) is 0 Å². The maximum Gasteiger partial charge on any atom is 0.191 e. The molecule has 1 saturated heterocycles. The summed E-state index contributed by atoms with van der Waals surface area (Å²) in [6, 6.07) is 18.0. The van der Waals surface area contributed by atoms with Gasteiger partial charge in [0.1, 0.15) is 24.7 Å². The van der Waals surface area contributed by atoms with Crippen LogP contribution in [0.15, 0.2) is 59.6 Å². The quantitative estimate of drug-likeness (QED) is 0.327. The number of guanidine groups is 1. The Balaban J connectivity index is 1.42. The average Bonchev–Trinajstić information content (AvgIpc) is 2.82. The van der Waals surface area contributed by atoms with Crippen LogP contribution in [0.5, 0.6) is 11.5 Å². The second-order valence-electron chi connectivity index (χ2n) is 7.23. The number of hydrogen-bond donors (Lipinski definition) is 2. The number of hydrogen-bond acceptors (Lipinski definition) is 5. The minimum absolute atomic E-state index is 0.570. The van der Waals surface area contributed by atoms with Gasteiger partial charge in [-0.1, -0.05) is 30.3 Å². The summed E-state index contributed by atoms with van der Waals surface area (Å²) in [6.45, 7) is 9.87. The predicted molar refractivity (Wildman–Crippen MR) is 124 cm³/mol. The lowest BCUT2D eigenvalue weighted by Crippen LogP contribution is -2.39. The third kappa shape index (κ3) is 8.86. The fourth-order valence-corrected chi connectivity index (χ4v) is 3.22. The zero-order valence-corrected chi connectivity index (χ0v) is 18.4. The lowest BCUT2D eigenvalue weighted by atomic mass is 10.2. The predicted octanol–water partition coefficient (Wildman–Crippen LogP) is 2.53. The molecule has 0 bridgehead atoms. The third-order valence-corrected chi connectivity index (χ3v) is 4.85. The Morgan fingerprint density at radius 2 is 1.74 bits per heavy atom. The molecule has 0 radical (unpaired) electrons. The van der Waals surface area contributed by atoms with Gasteiger partial charge in [-0.25, -0.2) is 4.99 Å². The van der Waals surface area contributed by atoms with Crippen LogP contribution in [0.25, 0.3) is 0 Å². The molecule has 0 saturated carbocycles. The Morgan fingerprint density at radius 3 is 2.55 bits per heavy atom. The van der Waals surface area contributed by atoms with Crippen molar-refractivity contribution >= 4 is 5.96 Å². The van der Waals surface area contributed by atoms with Crippen LogP contribution in [0.4, 0.5) is 0 Å². The van der Waals surface area contributed by atoms with E-state index in [0.29, 0.717) is 26.3 Å². The van der Waals surface area contributed by atoms with E-state index >= 15 is 0 Å². The summed E-state index contributed by atoms with van der Waals surface area (Å²) < 4.78 is 17.1. The zero-order chi connectivity index (χ0) is 21.6. The number of ether oxygens (including phenoxy) is 3. The summed E-state index contributed by atoms with van der Waals surface area (Å²) in [4.78, 5) is 7.05. The molecule has 1 heterocycles. The van der Waals surface area contributed by atoms with Gasteiger partial charge in [-0.15, -0.1) is 0 Å². The SMILES string of the molecule is CCNC(=NCc1cccc(OCCN2CCOCC2)c1)NCCOc1ccccc1. The standard InChI is InChI=1S/C24H34N4O3/c1-2-25-24(26-11-15-30-22-8-4-3-5-9-22)27-20-21-7-6-10-23(19-21)31-18-14-28-12-16-29-17-13-28/h3-10,19H,2,11-18,20H2,1H3,(H2,25,26,27). The second kappa shape index (κ2) is 13.5. The van der Waals surface area contributed by atoms with Crippen molar-refractivity contribution in [2.45, 2.75) is 13.5 Å². The van der Waals surface area contributed by atoms with Crippen LogP contribution in [-0.4, -0.2) is 70.0 Å². The minimum atomic E-state index is 0.570. The average molecular weight is 427 g/mol.